The molecule has 7 atom stereocenters. The molecular formula is C40H55N5O10S. The van der Waals surface area contributed by atoms with Crippen molar-refractivity contribution in [3.8, 4) is 11.6 Å². The molecule has 2 aliphatic heterocycles. The third kappa shape index (κ3) is 8.90. The number of rotatable bonds is 9. The van der Waals surface area contributed by atoms with E-state index in [-0.39, 0.29) is 31.9 Å². The molecule has 1 saturated heterocycles. The molecule has 0 bridgehead atoms. The molecule has 6 rings (SSSR count). The highest BCUT2D eigenvalue weighted by molar-refractivity contribution is 7.91. The first-order chi connectivity index (χ1) is 26.4. The summed E-state index contributed by atoms with van der Waals surface area (Å²) >= 11 is 0. The van der Waals surface area contributed by atoms with Crippen LogP contribution in [-0.2, 0) is 33.9 Å². The van der Waals surface area contributed by atoms with Gasteiger partial charge in [-0.25, -0.2) is 18.2 Å². The minimum Gasteiger partial charge on any atom is -0.497 e. The molecule has 3 fully saturated rings. The Balaban J connectivity index is 1.37. The Morgan fingerprint density at radius 2 is 1.86 bits per heavy atom. The lowest BCUT2D eigenvalue weighted by molar-refractivity contribution is -0.142. The zero-order chi connectivity index (χ0) is 40.6. The van der Waals surface area contributed by atoms with Crippen LogP contribution in [0.4, 0.5) is 4.79 Å². The van der Waals surface area contributed by atoms with Crippen molar-refractivity contribution in [3.05, 3.63) is 42.6 Å². The fourth-order valence-corrected chi connectivity index (χ4v) is 9.04. The molecule has 15 nitrogen and oxygen atoms in total. The van der Waals surface area contributed by atoms with E-state index in [0.29, 0.717) is 42.7 Å². The highest BCUT2D eigenvalue weighted by atomic mass is 32.2. The summed E-state index contributed by atoms with van der Waals surface area (Å²) in [5, 5.41) is 7.22. The largest absolute Gasteiger partial charge is 0.497 e. The van der Waals surface area contributed by atoms with E-state index >= 15 is 0 Å². The quantitative estimate of drug-likeness (QED) is 0.311. The zero-order valence-corrected chi connectivity index (χ0v) is 34.1. The normalized spacial score (nSPS) is 29.7. The van der Waals surface area contributed by atoms with Crippen molar-refractivity contribution in [1.29, 1.82) is 0 Å². The van der Waals surface area contributed by atoms with Crippen LogP contribution in [0.15, 0.2) is 42.6 Å². The molecule has 1 aromatic heterocycles. The number of pyridine rings is 1. The number of nitrogens with one attached hydrogen (secondary N) is 3. The molecule has 1 unspecified atom stereocenters. The van der Waals surface area contributed by atoms with E-state index in [1.165, 1.54) is 12.0 Å². The van der Waals surface area contributed by atoms with Crippen LogP contribution in [0.3, 0.4) is 0 Å². The van der Waals surface area contributed by atoms with Crippen LogP contribution in [0.5, 0.6) is 11.6 Å². The summed E-state index contributed by atoms with van der Waals surface area (Å²) in [5.74, 6) is -1.94. The van der Waals surface area contributed by atoms with Gasteiger partial charge in [-0.1, -0.05) is 19.1 Å². The zero-order valence-electron chi connectivity index (χ0n) is 33.3. The van der Waals surface area contributed by atoms with Gasteiger partial charge >= 0.3 is 6.09 Å². The molecule has 16 heteroatoms. The topological polar surface area (TPSA) is 192 Å². The first-order valence-corrected chi connectivity index (χ1v) is 20.8. The van der Waals surface area contributed by atoms with Gasteiger partial charge in [0.05, 0.1) is 25.0 Å². The Hall–Kier alpha value is -4.44. The second-order valence-corrected chi connectivity index (χ2v) is 19.2. The third-order valence-corrected chi connectivity index (χ3v) is 13.5. The van der Waals surface area contributed by atoms with Crippen molar-refractivity contribution in [3.63, 3.8) is 0 Å². The fourth-order valence-electron chi connectivity index (χ4n) is 7.73. The number of amides is 4. The van der Waals surface area contributed by atoms with E-state index in [9.17, 15) is 27.6 Å². The Kier molecular flexibility index (Phi) is 11.6. The summed E-state index contributed by atoms with van der Waals surface area (Å²) in [6.45, 7) is 8.90. The number of hydrogen-bond donors (Lipinski definition) is 3. The fraction of sp³-hybridized carbons (Fsp3) is 0.625. The van der Waals surface area contributed by atoms with Crippen molar-refractivity contribution in [1.82, 2.24) is 25.2 Å². The maximum absolute atomic E-state index is 15.0. The lowest BCUT2D eigenvalue weighted by Crippen LogP contribution is -2.60. The van der Waals surface area contributed by atoms with Crippen molar-refractivity contribution in [2.45, 2.75) is 114 Å². The van der Waals surface area contributed by atoms with Gasteiger partial charge in [-0.2, -0.15) is 0 Å². The number of ether oxygens (including phenoxy) is 4. The predicted molar refractivity (Wildman–Crippen MR) is 207 cm³/mol. The Morgan fingerprint density at radius 3 is 2.54 bits per heavy atom. The lowest BCUT2D eigenvalue weighted by Gasteiger charge is -2.34. The minimum atomic E-state index is -4.01. The molecule has 2 aliphatic carbocycles. The van der Waals surface area contributed by atoms with Gasteiger partial charge in [0.1, 0.15) is 35.1 Å². The predicted octanol–water partition coefficient (Wildman–Crippen LogP) is 4.00. The first kappa shape index (κ1) is 41.2. The van der Waals surface area contributed by atoms with Crippen molar-refractivity contribution < 1.29 is 46.5 Å². The minimum absolute atomic E-state index is 0.0187. The van der Waals surface area contributed by atoms with E-state index in [4.69, 9.17) is 18.9 Å². The molecule has 2 saturated carbocycles. The van der Waals surface area contributed by atoms with Gasteiger partial charge in [0.15, 0.2) is 0 Å². The van der Waals surface area contributed by atoms with Gasteiger partial charge in [-0.15, -0.1) is 0 Å². The van der Waals surface area contributed by atoms with Crippen LogP contribution >= 0.6 is 0 Å². The maximum atomic E-state index is 15.0. The number of aromatic nitrogens is 1. The van der Waals surface area contributed by atoms with Crippen LogP contribution in [-0.4, -0.2) is 104 Å². The van der Waals surface area contributed by atoms with Gasteiger partial charge in [0.25, 0.3) is 5.91 Å². The van der Waals surface area contributed by atoms with E-state index in [1.807, 2.05) is 30.4 Å². The Bertz CT molecular complexity index is 1980. The van der Waals surface area contributed by atoms with Crippen molar-refractivity contribution in [2.75, 3.05) is 27.4 Å². The van der Waals surface area contributed by atoms with E-state index in [0.717, 1.165) is 11.8 Å². The van der Waals surface area contributed by atoms with Crippen LogP contribution in [0.1, 0.15) is 79.6 Å². The molecular weight excluding hydrogens is 743 g/mol. The summed E-state index contributed by atoms with van der Waals surface area (Å²) < 4.78 is 50.7. The highest BCUT2D eigenvalue weighted by Gasteiger charge is 2.63. The van der Waals surface area contributed by atoms with Crippen LogP contribution < -0.4 is 24.8 Å². The third-order valence-electron chi connectivity index (χ3n) is 11.3. The van der Waals surface area contributed by atoms with Crippen LogP contribution in [0.25, 0.3) is 10.8 Å². The van der Waals surface area contributed by atoms with Gasteiger partial charge in [0.2, 0.25) is 27.7 Å². The number of alkyl carbamates (subject to hydrolysis) is 1. The van der Waals surface area contributed by atoms with Gasteiger partial charge in [-0.05, 0) is 102 Å². The van der Waals surface area contributed by atoms with Crippen LogP contribution in [0, 0.1) is 17.8 Å². The number of fused-ring (bicyclic) bond motifs is 3. The van der Waals surface area contributed by atoms with E-state index < -0.39 is 79.7 Å². The Morgan fingerprint density at radius 1 is 1.11 bits per heavy atom. The lowest BCUT2D eigenvalue weighted by atomic mass is 9.87. The number of sulfonamides is 1. The number of benzene rings is 1. The van der Waals surface area contributed by atoms with Crippen molar-refractivity contribution >= 4 is 44.6 Å². The maximum Gasteiger partial charge on any atom is 0.408 e. The molecule has 56 heavy (non-hydrogen) atoms. The molecule has 306 valence electrons. The average molecular weight is 798 g/mol. The molecule has 0 radical (unpaired) electrons. The standard InChI is InChI=1S/C40H55N5O10S/c1-24-10-8-9-11-27-21-40(27,36(48)44-56(50,51)39(5)15-16-39)43-33(46)31-20-29(54-34-30-13-12-28(53-7)19-25(30)14-17-41-34)22-45(31)35(47)32(26(18-24)23-52-6)42-37(49)55-38(2,3)4/h9,11-14,17,19,24,26-27,29,31-32H,8,10,15-16,18,20-23H2,1-7H3,(H,42,49)(H,43,46)(H,44,48)/b11-9-/t24-,26-,27?,29+,31-,32-,40+/m0/s1. The molecule has 4 aliphatic rings. The molecule has 4 amide bonds. The first-order valence-electron chi connectivity index (χ1n) is 19.3. The van der Waals surface area contributed by atoms with E-state index in [1.54, 1.807) is 47.1 Å². The van der Waals surface area contributed by atoms with Crippen molar-refractivity contribution in [2.24, 2.45) is 17.8 Å². The SMILES string of the molecule is COC[C@@H]1C[C@@H](C)CC/C=C\C2C[C@@]2(C(=O)NS(=O)(=O)C2(C)CC2)NC(=O)[C@@H]2C[C@@H](Oc3nccc4cc(OC)ccc34)CN2C(=O)[C@H]1NC(=O)OC(C)(C)C. The number of carbonyl (C=O) groups excluding carboxylic acids is 4. The summed E-state index contributed by atoms with van der Waals surface area (Å²) in [7, 11) is -0.909. The second-order valence-electron chi connectivity index (χ2n) is 17.0. The van der Waals surface area contributed by atoms with Crippen LogP contribution in [0.2, 0.25) is 0 Å². The monoisotopic (exact) mass is 797 g/mol. The summed E-state index contributed by atoms with van der Waals surface area (Å²) in [4.78, 5) is 62.7. The number of hydrogen-bond acceptors (Lipinski definition) is 11. The molecule has 3 heterocycles. The summed E-state index contributed by atoms with van der Waals surface area (Å²) in [6.07, 6.45) is 6.82. The highest BCUT2D eigenvalue weighted by Crippen LogP contribution is 2.47. The van der Waals surface area contributed by atoms with Gasteiger partial charge in [-0.3, -0.25) is 19.1 Å². The molecule has 1 aromatic carbocycles. The molecule has 0 spiro atoms. The average Bonchev–Trinajstić information content (AvgIpc) is 4.01. The van der Waals surface area contributed by atoms with Gasteiger partial charge in [0, 0.05) is 36.9 Å². The smallest absolute Gasteiger partial charge is 0.408 e. The summed E-state index contributed by atoms with van der Waals surface area (Å²) in [6, 6.07) is 4.95. The number of methoxy groups -OCH3 is 2. The number of nitrogens with zero attached hydrogens (tertiary/aromatic N) is 2. The molecule has 2 aromatic rings. The van der Waals surface area contributed by atoms with E-state index in [2.05, 4.69) is 27.3 Å². The molecule has 3 N–H and O–H groups in total. The van der Waals surface area contributed by atoms with Gasteiger partial charge < -0.3 is 34.5 Å². The Labute approximate surface area is 328 Å². The number of allylic oxidation sites excluding steroid dienone is 1. The number of carbonyl (C=O) groups is 4. The summed E-state index contributed by atoms with van der Waals surface area (Å²) in [5.41, 5.74) is -2.40. The second kappa shape index (κ2) is 15.8.